The van der Waals surface area contributed by atoms with E-state index < -0.39 is 0 Å². The highest BCUT2D eigenvalue weighted by molar-refractivity contribution is 5.74. The molecule has 0 bridgehead atoms. The number of hydrogen-bond acceptors (Lipinski definition) is 6. The quantitative estimate of drug-likeness (QED) is 0.458. The molecule has 0 amide bonds. The Morgan fingerprint density at radius 2 is 1.75 bits per heavy atom. The van der Waals surface area contributed by atoms with Crippen LogP contribution >= 0.6 is 0 Å². The number of nitrogens with zero attached hydrogens (tertiary/aromatic N) is 2. The average molecular weight is 429 g/mol. The van der Waals surface area contributed by atoms with E-state index in [1.807, 2.05) is 6.20 Å². The number of nitrogens with two attached hydrogens (primary N) is 2. The molecule has 166 valence electrons. The largest absolute Gasteiger partial charge is 0.363 e. The fourth-order valence-corrected chi connectivity index (χ4v) is 5.08. The van der Waals surface area contributed by atoms with E-state index in [1.165, 1.54) is 28.8 Å². The van der Waals surface area contributed by atoms with Crippen molar-refractivity contribution >= 4 is 11.4 Å². The van der Waals surface area contributed by atoms with E-state index in [-0.39, 0.29) is 12.2 Å². The molecule has 5 rings (SSSR count). The predicted octanol–water partition coefficient (Wildman–Crippen LogP) is 3.74. The third-order valence-corrected chi connectivity index (χ3v) is 6.71. The highest BCUT2D eigenvalue weighted by atomic mass is 15.3. The second-order valence-corrected chi connectivity index (χ2v) is 8.78. The zero-order valence-electron chi connectivity index (χ0n) is 18.4. The van der Waals surface area contributed by atoms with E-state index in [0.717, 1.165) is 42.9 Å². The van der Waals surface area contributed by atoms with Crippen LogP contribution in [0.25, 0.3) is 0 Å². The highest BCUT2D eigenvalue weighted by Crippen LogP contribution is 2.36. The van der Waals surface area contributed by atoms with Crippen molar-refractivity contribution in [3.05, 3.63) is 88.7 Å². The number of pyridine rings is 1. The van der Waals surface area contributed by atoms with E-state index in [4.69, 9.17) is 16.5 Å². The fourth-order valence-electron chi connectivity index (χ4n) is 5.08. The molecule has 32 heavy (non-hydrogen) atoms. The molecule has 6 heteroatoms. The molecular formula is C26H32N6. The molecule has 0 saturated heterocycles. The van der Waals surface area contributed by atoms with Gasteiger partial charge in [-0.3, -0.25) is 9.88 Å². The van der Waals surface area contributed by atoms with Crippen LogP contribution in [0.1, 0.15) is 46.8 Å². The van der Waals surface area contributed by atoms with Crippen LogP contribution in [-0.2, 0) is 26.1 Å². The van der Waals surface area contributed by atoms with Crippen LogP contribution in [0.2, 0.25) is 0 Å². The van der Waals surface area contributed by atoms with Gasteiger partial charge in [0.25, 0.3) is 0 Å². The second kappa shape index (κ2) is 9.28. The van der Waals surface area contributed by atoms with Gasteiger partial charge in [-0.2, -0.15) is 0 Å². The molecule has 1 unspecified atom stereocenters. The maximum Gasteiger partial charge on any atom is 0.110 e. The summed E-state index contributed by atoms with van der Waals surface area (Å²) in [6.45, 7) is 2.74. The van der Waals surface area contributed by atoms with Crippen LogP contribution in [0.5, 0.6) is 0 Å². The van der Waals surface area contributed by atoms with Crippen LogP contribution < -0.4 is 22.1 Å². The summed E-state index contributed by atoms with van der Waals surface area (Å²) in [5.41, 5.74) is 20.5. The topological polar surface area (TPSA) is 92.2 Å². The summed E-state index contributed by atoms with van der Waals surface area (Å²) in [6, 6.07) is 19.4. The van der Waals surface area contributed by atoms with Crippen LogP contribution in [0, 0.1) is 0 Å². The first-order chi connectivity index (χ1) is 15.7. The standard InChI is InChI=1S/C26H32N6/c27-14-18-10-11-20(21(13-18)15-28)16-32(17-25-30-22-7-1-2-8-23(22)31-25)24-9-3-5-19-6-4-12-29-26(19)24/h1-2,4,6-8,10-13,24-25,30-31H,3,5,9,14-17,27-28H2. The van der Waals surface area contributed by atoms with Crippen molar-refractivity contribution in [3.8, 4) is 0 Å². The summed E-state index contributed by atoms with van der Waals surface area (Å²) in [6.07, 6.45) is 5.48. The Bertz CT molecular complexity index is 1060. The molecule has 1 aliphatic heterocycles. The zero-order valence-corrected chi connectivity index (χ0v) is 18.4. The third-order valence-electron chi connectivity index (χ3n) is 6.71. The van der Waals surface area contributed by atoms with Crippen molar-refractivity contribution < 1.29 is 0 Å². The van der Waals surface area contributed by atoms with Gasteiger partial charge in [0, 0.05) is 32.4 Å². The summed E-state index contributed by atoms with van der Waals surface area (Å²) in [4.78, 5) is 7.39. The van der Waals surface area contributed by atoms with E-state index in [2.05, 4.69) is 70.1 Å². The maximum absolute atomic E-state index is 6.13. The van der Waals surface area contributed by atoms with Gasteiger partial charge in [0.05, 0.1) is 23.1 Å². The molecule has 2 aromatic carbocycles. The second-order valence-electron chi connectivity index (χ2n) is 8.78. The minimum atomic E-state index is 0.145. The molecule has 1 atom stereocenters. The van der Waals surface area contributed by atoms with E-state index in [9.17, 15) is 0 Å². The first-order valence-corrected chi connectivity index (χ1v) is 11.6. The number of hydrogen-bond donors (Lipinski definition) is 4. The number of anilines is 2. The minimum Gasteiger partial charge on any atom is -0.363 e. The molecule has 6 N–H and O–H groups in total. The van der Waals surface area contributed by atoms with Crippen molar-refractivity contribution in [3.63, 3.8) is 0 Å². The summed E-state index contributed by atoms with van der Waals surface area (Å²) >= 11 is 0. The average Bonchev–Trinajstić information content (AvgIpc) is 3.26. The normalized spacial score (nSPS) is 17.5. The summed E-state index contributed by atoms with van der Waals surface area (Å²) in [7, 11) is 0. The lowest BCUT2D eigenvalue weighted by atomic mass is 9.90. The lowest BCUT2D eigenvalue weighted by Gasteiger charge is -2.37. The van der Waals surface area contributed by atoms with Gasteiger partial charge in [-0.15, -0.1) is 0 Å². The monoisotopic (exact) mass is 428 g/mol. The first kappa shape index (κ1) is 20.9. The Morgan fingerprint density at radius 1 is 0.938 bits per heavy atom. The molecule has 3 aromatic rings. The highest BCUT2D eigenvalue weighted by Gasteiger charge is 2.31. The maximum atomic E-state index is 6.13. The van der Waals surface area contributed by atoms with Crippen molar-refractivity contribution in [2.75, 3.05) is 17.2 Å². The Balaban J connectivity index is 1.45. The van der Waals surface area contributed by atoms with Gasteiger partial charge in [-0.1, -0.05) is 36.4 Å². The Morgan fingerprint density at radius 3 is 2.50 bits per heavy atom. The lowest BCUT2D eigenvalue weighted by molar-refractivity contribution is 0.162. The van der Waals surface area contributed by atoms with Crippen LogP contribution in [0.4, 0.5) is 11.4 Å². The van der Waals surface area contributed by atoms with Crippen molar-refractivity contribution in [1.29, 1.82) is 0 Å². The molecule has 0 fully saturated rings. The first-order valence-electron chi connectivity index (χ1n) is 11.6. The van der Waals surface area contributed by atoms with Crippen LogP contribution in [0.3, 0.4) is 0 Å². The molecular weight excluding hydrogens is 396 g/mol. The van der Waals surface area contributed by atoms with Gasteiger partial charge in [0.1, 0.15) is 6.17 Å². The summed E-state index contributed by atoms with van der Waals surface area (Å²) in [5, 5.41) is 7.29. The number of nitrogens with one attached hydrogen (secondary N) is 2. The Hall–Kier alpha value is -2.93. The number of aromatic nitrogens is 1. The number of aryl methyl sites for hydroxylation is 1. The van der Waals surface area contributed by atoms with Crippen LogP contribution in [-0.4, -0.2) is 22.6 Å². The number of rotatable bonds is 7. The minimum absolute atomic E-state index is 0.145. The third kappa shape index (κ3) is 4.21. The Labute approximate surface area is 190 Å². The lowest BCUT2D eigenvalue weighted by Crippen LogP contribution is -2.41. The van der Waals surface area contributed by atoms with Crippen molar-refractivity contribution in [1.82, 2.24) is 9.88 Å². The molecule has 2 aliphatic rings. The summed E-state index contributed by atoms with van der Waals surface area (Å²) in [5.74, 6) is 0. The molecule has 1 aromatic heterocycles. The van der Waals surface area contributed by atoms with Crippen LogP contribution in [0.15, 0.2) is 60.8 Å². The zero-order chi connectivity index (χ0) is 21.9. The van der Waals surface area contributed by atoms with Gasteiger partial charge in [-0.25, -0.2) is 0 Å². The Kier molecular flexibility index (Phi) is 6.08. The van der Waals surface area contributed by atoms with Gasteiger partial charge in [0.2, 0.25) is 0 Å². The van der Waals surface area contributed by atoms with E-state index >= 15 is 0 Å². The van der Waals surface area contributed by atoms with Gasteiger partial charge in [0.15, 0.2) is 0 Å². The van der Waals surface area contributed by atoms with Crippen molar-refractivity contribution in [2.24, 2.45) is 11.5 Å². The number of para-hydroxylation sites is 2. The van der Waals surface area contributed by atoms with Gasteiger partial charge in [-0.05, 0) is 59.7 Å². The number of fused-ring (bicyclic) bond motifs is 2. The molecule has 6 nitrogen and oxygen atoms in total. The smallest absolute Gasteiger partial charge is 0.110 e. The van der Waals surface area contributed by atoms with Crippen molar-refractivity contribution in [2.45, 2.75) is 51.1 Å². The fraction of sp³-hybridized carbons (Fsp3) is 0.346. The van der Waals surface area contributed by atoms with E-state index in [0.29, 0.717) is 13.1 Å². The molecule has 2 heterocycles. The molecule has 0 spiro atoms. The summed E-state index contributed by atoms with van der Waals surface area (Å²) < 4.78 is 0. The molecule has 0 radical (unpaired) electrons. The number of benzene rings is 2. The predicted molar refractivity (Wildman–Crippen MR) is 130 cm³/mol. The molecule has 0 saturated carbocycles. The molecule has 1 aliphatic carbocycles. The van der Waals surface area contributed by atoms with E-state index in [1.54, 1.807) is 0 Å². The van der Waals surface area contributed by atoms with Gasteiger partial charge >= 0.3 is 0 Å². The SMILES string of the molecule is NCc1ccc(CN(CC2Nc3ccccc3N2)C2CCCc3cccnc32)c(CN)c1. The van der Waals surface area contributed by atoms with Gasteiger partial charge < -0.3 is 22.1 Å².